The van der Waals surface area contributed by atoms with Crippen molar-refractivity contribution in [3.63, 3.8) is 0 Å². The van der Waals surface area contributed by atoms with Crippen LogP contribution in [0, 0.1) is 11.3 Å². The molecule has 2 fully saturated rings. The Hall–Kier alpha value is -3.98. The zero-order chi connectivity index (χ0) is 25.2. The van der Waals surface area contributed by atoms with Crippen molar-refractivity contribution >= 4 is 28.9 Å². The highest BCUT2D eigenvalue weighted by Crippen LogP contribution is 2.27. The van der Waals surface area contributed by atoms with Crippen molar-refractivity contribution in [3.8, 4) is 6.07 Å². The van der Waals surface area contributed by atoms with E-state index >= 15 is 0 Å². The first-order chi connectivity index (χ1) is 17.5. The zero-order valence-electron chi connectivity index (χ0n) is 19.9. The van der Waals surface area contributed by atoms with Crippen molar-refractivity contribution in [1.29, 1.82) is 5.26 Å². The van der Waals surface area contributed by atoms with Gasteiger partial charge in [-0.25, -0.2) is 9.37 Å². The molecule has 3 atom stereocenters. The minimum atomic E-state index is -1.02. The van der Waals surface area contributed by atoms with Crippen molar-refractivity contribution in [1.82, 2.24) is 29.4 Å². The maximum Gasteiger partial charge on any atom is 0.274 e. The Morgan fingerprint density at radius 1 is 1.39 bits per heavy atom. The first-order valence-corrected chi connectivity index (χ1v) is 12.1. The predicted octanol–water partition coefficient (Wildman–Crippen LogP) is 2.07. The van der Waals surface area contributed by atoms with E-state index in [0.29, 0.717) is 43.3 Å². The van der Waals surface area contributed by atoms with Crippen LogP contribution in [0.4, 0.5) is 21.7 Å². The van der Waals surface area contributed by atoms with E-state index in [1.54, 1.807) is 29.9 Å². The summed E-state index contributed by atoms with van der Waals surface area (Å²) in [4.78, 5) is 32.8. The quantitative estimate of drug-likeness (QED) is 0.435. The van der Waals surface area contributed by atoms with Crippen molar-refractivity contribution in [2.24, 2.45) is 0 Å². The number of halogens is 1. The standard InChI is InChI=1S/C24H28FN9O2/c1-27-21-12-20(31-22-16(13-28-34(21)22)23(35)30-19-11-17(19)25)29-18-6-3-10-33(24(18)36)15-5-2-8-32(14-15)9-4-7-26/h3,6,10,12-13,15,17,19,27H,2,4-5,8-9,11,14H2,1H3,(H,29,31)(H,30,35)/t15-,17-,19+/m0/s1. The van der Waals surface area contributed by atoms with Gasteiger partial charge in [-0.05, 0) is 31.5 Å². The molecule has 36 heavy (non-hydrogen) atoms. The number of carbonyl (C=O) groups is 1. The number of rotatable bonds is 8. The number of nitrogens with one attached hydrogen (secondary N) is 3. The summed E-state index contributed by atoms with van der Waals surface area (Å²) in [6.07, 6.45) is 4.79. The Balaban J connectivity index is 1.41. The summed E-state index contributed by atoms with van der Waals surface area (Å²) in [5, 5.41) is 21.9. The van der Waals surface area contributed by atoms with E-state index in [1.807, 2.05) is 6.07 Å². The van der Waals surface area contributed by atoms with Crippen LogP contribution in [0.3, 0.4) is 0 Å². The van der Waals surface area contributed by atoms with Gasteiger partial charge in [-0.3, -0.25) is 9.59 Å². The van der Waals surface area contributed by atoms with E-state index in [9.17, 15) is 14.0 Å². The third kappa shape index (κ3) is 4.74. The molecule has 1 aliphatic heterocycles. The maximum absolute atomic E-state index is 13.4. The molecule has 3 aromatic rings. The second-order valence-corrected chi connectivity index (χ2v) is 9.17. The number of anilines is 3. The first-order valence-electron chi connectivity index (χ1n) is 12.1. The number of hydrogen-bond donors (Lipinski definition) is 3. The van der Waals surface area contributed by atoms with Gasteiger partial charge in [0.1, 0.15) is 29.1 Å². The Morgan fingerprint density at radius 2 is 2.22 bits per heavy atom. The second-order valence-electron chi connectivity index (χ2n) is 9.17. The number of carbonyl (C=O) groups excluding carboxylic acids is 1. The normalized spacial score (nSPS) is 21.6. The topological polar surface area (TPSA) is 132 Å². The summed E-state index contributed by atoms with van der Waals surface area (Å²) >= 11 is 0. The molecule has 1 amide bonds. The lowest BCUT2D eigenvalue weighted by Crippen LogP contribution is -2.40. The van der Waals surface area contributed by atoms with Crippen molar-refractivity contribution < 1.29 is 9.18 Å². The Morgan fingerprint density at radius 3 is 2.97 bits per heavy atom. The third-order valence-electron chi connectivity index (χ3n) is 6.65. The average molecular weight is 494 g/mol. The number of aromatic nitrogens is 4. The van der Waals surface area contributed by atoms with Gasteiger partial charge in [0.15, 0.2) is 5.65 Å². The third-order valence-corrected chi connectivity index (χ3v) is 6.65. The fourth-order valence-electron chi connectivity index (χ4n) is 4.62. The molecule has 4 heterocycles. The first kappa shape index (κ1) is 23.7. The van der Waals surface area contributed by atoms with E-state index in [4.69, 9.17) is 5.26 Å². The molecule has 2 aliphatic rings. The van der Waals surface area contributed by atoms with Crippen LogP contribution in [-0.4, -0.2) is 68.9 Å². The predicted molar refractivity (Wildman–Crippen MR) is 132 cm³/mol. The molecule has 1 saturated heterocycles. The van der Waals surface area contributed by atoms with Gasteiger partial charge >= 0.3 is 0 Å². The van der Waals surface area contributed by atoms with Crippen molar-refractivity contribution in [3.05, 3.63) is 46.5 Å². The summed E-state index contributed by atoms with van der Waals surface area (Å²) in [7, 11) is 1.72. The molecular weight excluding hydrogens is 465 g/mol. The Bertz CT molecular complexity index is 1380. The summed E-state index contributed by atoms with van der Waals surface area (Å²) in [5.74, 6) is 0.487. The van der Waals surface area contributed by atoms with E-state index in [0.717, 1.165) is 19.4 Å². The maximum atomic E-state index is 13.4. The van der Waals surface area contributed by atoms with E-state index in [2.05, 4.69) is 37.0 Å². The van der Waals surface area contributed by atoms with Crippen LogP contribution < -0.4 is 21.5 Å². The summed E-state index contributed by atoms with van der Waals surface area (Å²) in [6.45, 7) is 2.34. The number of alkyl halides is 1. The van der Waals surface area contributed by atoms with Gasteiger partial charge in [-0.1, -0.05) is 0 Å². The highest BCUT2D eigenvalue weighted by Gasteiger charge is 2.39. The van der Waals surface area contributed by atoms with Crippen LogP contribution in [0.2, 0.25) is 0 Å². The van der Waals surface area contributed by atoms with Crippen LogP contribution >= 0.6 is 0 Å². The molecule has 0 bridgehead atoms. The molecule has 3 aromatic heterocycles. The largest absolute Gasteiger partial charge is 0.373 e. The number of nitriles is 1. The van der Waals surface area contributed by atoms with Crippen molar-refractivity contribution in [2.75, 3.05) is 37.3 Å². The van der Waals surface area contributed by atoms with Crippen LogP contribution in [0.1, 0.15) is 42.1 Å². The van der Waals surface area contributed by atoms with Crippen LogP contribution in [0.15, 0.2) is 35.4 Å². The van der Waals surface area contributed by atoms with Gasteiger partial charge in [0.2, 0.25) is 0 Å². The van der Waals surface area contributed by atoms with Gasteiger partial charge in [0.25, 0.3) is 11.5 Å². The lowest BCUT2D eigenvalue weighted by Gasteiger charge is -2.33. The highest BCUT2D eigenvalue weighted by molar-refractivity contribution is 6.00. The highest BCUT2D eigenvalue weighted by atomic mass is 19.1. The molecule has 5 rings (SSSR count). The molecule has 0 aromatic carbocycles. The number of fused-ring (bicyclic) bond motifs is 1. The Labute approximate surface area is 206 Å². The minimum absolute atomic E-state index is 0.0156. The summed E-state index contributed by atoms with van der Waals surface area (Å²) < 4.78 is 16.5. The SMILES string of the molecule is CNc1cc(Nc2cccn([C@H]3CCCN(CCC#N)C3)c2=O)nc2c(C(=O)N[C@@H]3C[C@@H]3F)cnn12. The lowest BCUT2D eigenvalue weighted by atomic mass is 10.0. The van der Waals surface area contributed by atoms with Crippen LogP contribution in [0.25, 0.3) is 5.65 Å². The van der Waals surface area contributed by atoms with E-state index in [1.165, 1.54) is 10.7 Å². The van der Waals surface area contributed by atoms with Crippen LogP contribution in [-0.2, 0) is 0 Å². The van der Waals surface area contributed by atoms with Crippen LogP contribution in [0.5, 0.6) is 0 Å². The number of pyridine rings is 1. The monoisotopic (exact) mass is 493 g/mol. The van der Waals surface area contributed by atoms with Gasteiger partial charge in [0, 0.05) is 51.3 Å². The van der Waals surface area contributed by atoms with E-state index < -0.39 is 18.1 Å². The molecular formula is C24H28FN9O2. The molecule has 3 N–H and O–H groups in total. The summed E-state index contributed by atoms with van der Waals surface area (Å²) in [6, 6.07) is 6.93. The average Bonchev–Trinajstić information content (AvgIpc) is 3.40. The number of hydrogen-bond acceptors (Lipinski definition) is 8. The zero-order valence-corrected chi connectivity index (χ0v) is 19.9. The van der Waals surface area contributed by atoms with Crippen molar-refractivity contribution in [2.45, 2.75) is 43.9 Å². The molecule has 1 saturated carbocycles. The van der Waals surface area contributed by atoms with Gasteiger partial charge in [0.05, 0.1) is 18.3 Å². The number of piperidine rings is 1. The molecule has 12 heteroatoms. The molecule has 0 radical (unpaired) electrons. The molecule has 1 aliphatic carbocycles. The van der Waals surface area contributed by atoms with E-state index in [-0.39, 0.29) is 22.8 Å². The minimum Gasteiger partial charge on any atom is -0.373 e. The smallest absolute Gasteiger partial charge is 0.274 e. The second kappa shape index (κ2) is 9.94. The number of nitrogens with zero attached hydrogens (tertiary/aromatic N) is 6. The molecule has 188 valence electrons. The van der Waals surface area contributed by atoms with Gasteiger partial charge in [-0.15, -0.1) is 0 Å². The van der Waals surface area contributed by atoms with Gasteiger partial charge in [-0.2, -0.15) is 14.9 Å². The fraction of sp³-hybridized carbons (Fsp3) is 0.458. The van der Waals surface area contributed by atoms with Gasteiger partial charge < -0.3 is 25.4 Å². The number of amides is 1. The molecule has 11 nitrogen and oxygen atoms in total. The number of likely N-dealkylation sites (tertiary alicyclic amines) is 1. The molecule has 0 spiro atoms. The molecule has 0 unspecified atom stereocenters. The summed E-state index contributed by atoms with van der Waals surface area (Å²) in [5.41, 5.74) is 0.690. The lowest BCUT2D eigenvalue weighted by molar-refractivity contribution is 0.0949. The fourth-order valence-corrected chi connectivity index (χ4v) is 4.62. The Kier molecular flexibility index (Phi) is 6.56.